The first-order chi connectivity index (χ1) is 4.72. The maximum atomic E-state index is 7.11. The monoisotopic (exact) mass is 97.1 g/mol. The fourth-order valence-electron chi connectivity index (χ4n) is 0.318. The minimum absolute atomic E-state index is 0.0486. The van der Waals surface area contributed by atoms with Crippen LogP contribution in [0.2, 0.25) is 2.82 Å². The van der Waals surface area contributed by atoms with Crippen LogP contribution >= 0.6 is 0 Å². The van der Waals surface area contributed by atoms with Crippen molar-refractivity contribution in [3.05, 3.63) is 24.5 Å². The summed E-state index contributed by atoms with van der Waals surface area (Å²) < 4.78 is 20.7. The molecule has 2 nitrogen and oxygen atoms in total. The summed E-state index contributed by atoms with van der Waals surface area (Å²) >= 11 is 0. The molecule has 1 rings (SSSR count). The summed E-state index contributed by atoms with van der Waals surface area (Å²) in [5.74, 6) is 0. The molecule has 36 valence electrons. The van der Waals surface area contributed by atoms with Crippen molar-refractivity contribution in [2.45, 2.75) is 0 Å². The third-order valence-electron chi connectivity index (χ3n) is 0.594. The molecule has 2 heteroatoms. The molecular weight excluding hydrogens is 88.1 g/mol. The van der Waals surface area contributed by atoms with Gasteiger partial charge < -0.3 is 5.72 Å². The van der Waals surface area contributed by atoms with Crippen LogP contribution in [0, 0.1) is 0 Å². The van der Waals surface area contributed by atoms with Crippen LogP contribution in [0.3, 0.4) is 0 Å². The van der Waals surface area contributed by atoms with Crippen molar-refractivity contribution in [3.63, 3.8) is 0 Å². The number of hydrogen-bond donors (Lipinski definition) is 1. The smallest absolute Gasteiger partial charge is 0.156 e. The molecule has 0 aliphatic carbocycles. The Hall–Kier alpha value is -1.05. The van der Waals surface area contributed by atoms with Crippen molar-refractivity contribution in [1.82, 2.24) is 4.98 Å². The van der Waals surface area contributed by atoms with Gasteiger partial charge in [0.15, 0.2) is 2.82 Å². The predicted octanol–water partition coefficient (Wildman–Crippen LogP) is 0.664. The Morgan fingerprint density at radius 1 is 2.00 bits per heavy atom. The SMILES string of the molecule is [2H]c1ncccc1N([2H])[2H]. The van der Waals surface area contributed by atoms with Crippen molar-refractivity contribution in [2.24, 2.45) is 0 Å². The minimum atomic E-state index is -0.0486. The van der Waals surface area contributed by atoms with Gasteiger partial charge in [0.2, 0.25) is 0 Å². The third kappa shape index (κ3) is 0.892. The van der Waals surface area contributed by atoms with E-state index < -0.39 is 0 Å². The standard InChI is InChI=1S/C5H6N2/c6-5-2-1-3-7-4-5/h1-4H,6H2/i4D/hD2. The molecule has 0 spiro atoms. The molecule has 1 aromatic rings. The molecule has 2 N–H and O–H groups in total. The second kappa shape index (κ2) is 1.60. The van der Waals surface area contributed by atoms with E-state index >= 15 is 0 Å². The van der Waals surface area contributed by atoms with E-state index in [1.165, 1.54) is 12.3 Å². The number of nitrogens with two attached hydrogens (primary N) is 1. The lowest BCUT2D eigenvalue weighted by atomic mass is 10.4. The molecule has 0 amide bonds. The van der Waals surface area contributed by atoms with Gasteiger partial charge in [0, 0.05) is 12.4 Å². The molecule has 7 heavy (non-hydrogen) atoms. The Kier molecular flexibility index (Phi) is 0.416. The fraction of sp³-hybridized carbons (Fsp3) is 0. The van der Waals surface area contributed by atoms with E-state index in [-0.39, 0.29) is 11.9 Å². The molecule has 0 aliphatic heterocycles. The molecule has 0 saturated heterocycles. The van der Waals surface area contributed by atoms with E-state index in [4.69, 9.17) is 4.19 Å². The molecule has 0 bridgehead atoms. The topological polar surface area (TPSA) is 38.9 Å². The molecular formula is C5H6N2. The summed E-state index contributed by atoms with van der Waals surface area (Å²) in [6, 6.07) is 3.08. The van der Waals surface area contributed by atoms with Crippen molar-refractivity contribution in [3.8, 4) is 0 Å². The van der Waals surface area contributed by atoms with Crippen LogP contribution in [0.1, 0.15) is 1.37 Å². The lowest BCUT2D eigenvalue weighted by Crippen LogP contribution is -1.82. The van der Waals surface area contributed by atoms with E-state index in [2.05, 4.69) is 4.98 Å². The minimum Gasteiger partial charge on any atom is -0.397 e. The number of nitrogen functional groups attached to an aromatic ring is 1. The largest absolute Gasteiger partial charge is 0.397 e. The highest BCUT2D eigenvalue weighted by Gasteiger charge is 1.73. The average molecular weight is 97.1 g/mol. The average Bonchev–Trinajstić information content (AvgIpc) is 1.88. The zero-order valence-corrected chi connectivity index (χ0v) is 3.63. The van der Waals surface area contributed by atoms with Gasteiger partial charge in [-0.1, -0.05) is 0 Å². The molecule has 1 heterocycles. The van der Waals surface area contributed by atoms with Crippen molar-refractivity contribution in [1.29, 1.82) is 0 Å². The van der Waals surface area contributed by atoms with Crippen LogP contribution in [-0.4, -0.2) is 4.98 Å². The highest BCUT2D eigenvalue weighted by Crippen LogP contribution is 1.92. The van der Waals surface area contributed by atoms with Gasteiger partial charge in [0.05, 0.1) is 7.06 Å². The Morgan fingerprint density at radius 3 is 3.57 bits per heavy atom. The summed E-state index contributed by atoms with van der Waals surface area (Å²) in [4.78, 5) is 3.59. The number of rotatable bonds is 1. The van der Waals surface area contributed by atoms with Crippen molar-refractivity contribution < 1.29 is 4.19 Å². The molecule has 0 aromatic carbocycles. The molecule has 0 unspecified atom stereocenters. The first-order valence-electron chi connectivity index (χ1n) is 3.31. The van der Waals surface area contributed by atoms with Gasteiger partial charge in [-0.3, -0.25) is 4.98 Å². The van der Waals surface area contributed by atoms with Gasteiger partial charge in [-0.15, -0.1) is 0 Å². The zero-order valence-electron chi connectivity index (χ0n) is 6.63. The van der Waals surface area contributed by atoms with Gasteiger partial charge in [0.1, 0.15) is 0 Å². The van der Waals surface area contributed by atoms with Gasteiger partial charge in [-0.05, 0) is 12.1 Å². The van der Waals surface area contributed by atoms with Crippen LogP contribution in [0.25, 0.3) is 0 Å². The van der Waals surface area contributed by atoms with E-state index in [0.717, 1.165) is 0 Å². The summed E-state index contributed by atoms with van der Waals surface area (Å²) in [6.07, 6.45) is 1.41. The molecule has 0 radical (unpaired) electrons. The van der Waals surface area contributed by atoms with E-state index in [1.807, 2.05) is 0 Å². The highest BCUT2D eigenvalue weighted by molar-refractivity contribution is 5.32. The molecule has 0 fully saturated rings. The fourth-order valence-corrected chi connectivity index (χ4v) is 0.318. The van der Waals surface area contributed by atoms with E-state index in [1.54, 1.807) is 6.07 Å². The molecule has 1 aromatic heterocycles. The van der Waals surface area contributed by atoms with Gasteiger partial charge in [0.25, 0.3) is 0 Å². The van der Waals surface area contributed by atoms with Gasteiger partial charge >= 0.3 is 0 Å². The summed E-state index contributed by atoms with van der Waals surface area (Å²) in [7, 11) is 0. The maximum Gasteiger partial charge on any atom is 0.156 e. The Balaban J connectivity index is 3.03. The van der Waals surface area contributed by atoms with Crippen LogP contribution in [0.15, 0.2) is 24.5 Å². The van der Waals surface area contributed by atoms with Gasteiger partial charge in [-0.25, -0.2) is 0 Å². The van der Waals surface area contributed by atoms with Crippen LogP contribution in [-0.2, 0) is 0 Å². The van der Waals surface area contributed by atoms with Crippen LogP contribution in [0.4, 0.5) is 5.69 Å². The lowest BCUT2D eigenvalue weighted by Gasteiger charge is -1.83. The van der Waals surface area contributed by atoms with Gasteiger partial charge in [-0.2, -0.15) is 0 Å². The third-order valence-corrected chi connectivity index (χ3v) is 0.594. The first kappa shape index (κ1) is 1.82. The number of aromatic nitrogens is 1. The Bertz CT molecular complexity index is 226. The second-order valence-electron chi connectivity index (χ2n) is 1.13. The van der Waals surface area contributed by atoms with E-state index in [9.17, 15) is 0 Å². The highest BCUT2D eigenvalue weighted by atomic mass is 14.7. The quantitative estimate of drug-likeness (QED) is 0.559. The van der Waals surface area contributed by atoms with Crippen LogP contribution in [0.5, 0.6) is 0 Å². The Labute approximate surface area is 46.3 Å². The van der Waals surface area contributed by atoms with Crippen LogP contribution < -0.4 is 5.72 Å². The number of nitrogens with zero attached hydrogens (tertiary/aromatic N) is 1. The molecule has 0 aliphatic rings. The number of anilines is 1. The number of pyridine rings is 1. The molecule has 0 saturated carbocycles. The van der Waals surface area contributed by atoms with Crippen molar-refractivity contribution in [2.75, 3.05) is 5.72 Å². The Morgan fingerprint density at radius 2 is 3.00 bits per heavy atom. The zero-order chi connectivity index (χ0) is 7.56. The molecule has 0 atom stereocenters. The van der Waals surface area contributed by atoms with Crippen molar-refractivity contribution >= 4 is 5.69 Å². The number of hydrogen-bond acceptors (Lipinski definition) is 2. The maximum absolute atomic E-state index is 7.11. The normalized spacial score (nSPS) is 14.0. The lowest BCUT2D eigenvalue weighted by molar-refractivity contribution is 1.33. The second-order valence-corrected chi connectivity index (χ2v) is 1.13. The summed E-state index contributed by atoms with van der Waals surface area (Å²) in [6.45, 7) is 0. The van der Waals surface area contributed by atoms with E-state index in [0.29, 0.717) is 5.72 Å². The summed E-state index contributed by atoms with van der Waals surface area (Å²) in [5.41, 5.74) is 0.553. The summed E-state index contributed by atoms with van der Waals surface area (Å²) in [5, 5.41) is 0. The predicted molar refractivity (Wildman–Crippen MR) is 28.6 cm³/mol. The first-order valence-corrected chi connectivity index (χ1v) is 1.91.